The molecule has 8 nitrogen and oxygen atoms in total. The Kier molecular flexibility index (Phi) is 6.03. The van der Waals surface area contributed by atoms with Crippen LogP contribution in [-0.2, 0) is 11.3 Å². The number of hydrogen-bond donors (Lipinski definition) is 2. The Balaban J connectivity index is 1.31. The third kappa shape index (κ3) is 4.66. The topological polar surface area (TPSA) is 92.2 Å². The number of carbonyl (C=O) groups excluding carboxylic acids is 2. The highest BCUT2D eigenvalue weighted by molar-refractivity contribution is 5.91. The summed E-state index contributed by atoms with van der Waals surface area (Å²) in [5.41, 5.74) is 3.64. The summed E-state index contributed by atoms with van der Waals surface area (Å²) in [4.78, 5) is 31.1. The fourth-order valence-corrected chi connectivity index (χ4v) is 3.88. The number of nitrogens with zero attached hydrogens (tertiary/aromatic N) is 4. The lowest BCUT2D eigenvalue weighted by atomic mass is 10.2. The molecule has 0 bridgehead atoms. The number of piperazine rings is 1. The lowest BCUT2D eigenvalue weighted by Gasteiger charge is -2.28. The highest BCUT2D eigenvalue weighted by atomic mass is 16.2. The molecule has 1 aliphatic heterocycles. The number of hydrogen-bond acceptors (Lipinski definition) is 5. The zero-order chi connectivity index (χ0) is 23.3. The molecule has 0 unspecified atom stereocenters. The molecule has 2 heterocycles. The summed E-state index contributed by atoms with van der Waals surface area (Å²) < 4.78 is 1.69. The first-order valence-electron chi connectivity index (χ1n) is 11.1. The first kappa shape index (κ1) is 21.4. The number of para-hydroxylation sites is 1. The smallest absolute Gasteiger partial charge is 0.291 e. The van der Waals surface area contributed by atoms with Gasteiger partial charge in [0.25, 0.3) is 5.91 Å². The fraction of sp³-hybridized carbons (Fsp3) is 0.154. The zero-order valence-electron chi connectivity index (χ0n) is 18.5. The maximum absolute atomic E-state index is 12.9. The molecule has 1 aliphatic rings. The average molecular weight is 453 g/mol. The summed E-state index contributed by atoms with van der Waals surface area (Å²) >= 11 is 0. The predicted molar refractivity (Wildman–Crippen MR) is 130 cm³/mol. The number of aromatic nitrogens is 3. The van der Waals surface area contributed by atoms with E-state index in [1.54, 1.807) is 4.68 Å². The van der Waals surface area contributed by atoms with E-state index in [1.807, 2.05) is 89.8 Å². The van der Waals surface area contributed by atoms with Crippen LogP contribution in [0.4, 0.5) is 5.69 Å². The summed E-state index contributed by atoms with van der Waals surface area (Å²) in [6.45, 7) is 2.13. The van der Waals surface area contributed by atoms with Gasteiger partial charge in [0.2, 0.25) is 11.7 Å². The van der Waals surface area contributed by atoms with E-state index in [0.717, 1.165) is 29.0 Å². The molecule has 1 aromatic heterocycles. The number of rotatable bonds is 6. The molecule has 170 valence electrons. The van der Waals surface area contributed by atoms with E-state index in [2.05, 4.69) is 20.7 Å². The average Bonchev–Trinajstić information content (AvgIpc) is 3.34. The summed E-state index contributed by atoms with van der Waals surface area (Å²) in [5.74, 6) is 0.397. The molecule has 2 N–H and O–H groups in total. The van der Waals surface area contributed by atoms with Gasteiger partial charge in [0.15, 0.2) is 5.82 Å². The SMILES string of the molecule is O=C1CN(c2ccc(CNC(=O)c3nc(-c4ccccc4)n(-c4ccccc4)n3)cc2)CCN1. The molecule has 5 rings (SSSR count). The second kappa shape index (κ2) is 9.58. The number of nitrogens with one attached hydrogen (secondary N) is 2. The van der Waals surface area contributed by atoms with Crippen LogP contribution in [-0.4, -0.2) is 46.2 Å². The Hall–Kier alpha value is -4.46. The van der Waals surface area contributed by atoms with E-state index < -0.39 is 0 Å². The maximum atomic E-state index is 12.9. The van der Waals surface area contributed by atoms with E-state index >= 15 is 0 Å². The van der Waals surface area contributed by atoms with E-state index in [9.17, 15) is 9.59 Å². The van der Waals surface area contributed by atoms with Crippen LogP contribution in [0.5, 0.6) is 0 Å². The van der Waals surface area contributed by atoms with Crippen LogP contribution in [0.25, 0.3) is 17.1 Å². The van der Waals surface area contributed by atoms with E-state index in [0.29, 0.717) is 25.5 Å². The molecule has 3 aromatic carbocycles. The minimum atomic E-state index is -0.344. The van der Waals surface area contributed by atoms with Crippen LogP contribution in [0.2, 0.25) is 0 Å². The van der Waals surface area contributed by atoms with Gasteiger partial charge in [-0.25, -0.2) is 9.67 Å². The van der Waals surface area contributed by atoms with Gasteiger partial charge in [0, 0.05) is 30.9 Å². The summed E-state index contributed by atoms with van der Waals surface area (Å²) in [5, 5.41) is 10.2. The lowest BCUT2D eigenvalue weighted by molar-refractivity contribution is -0.120. The summed E-state index contributed by atoms with van der Waals surface area (Å²) in [7, 11) is 0. The van der Waals surface area contributed by atoms with Crippen molar-refractivity contribution in [1.29, 1.82) is 0 Å². The van der Waals surface area contributed by atoms with Gasteiger partial charge >= 0.3 is 0 Å². The molecule has 4 aromatic rings. The third-order valence-corrected chi connectivity index (χ3v) is 5.64. The Bertz CT molecular complexity index is 1230. The van der Waals surface area contributed by atoms with Crippen molar-refractivity contribution >= 4 is 17.5 Å². The van der Waals surface area contributed by atoms with Crippen molar-refractivity contribution < 1.29 is 9.59 Å². The van der Waals surface area contributed by atoms with Gasteiger partial charge in [-0.2, -0.15) is 0 Å². The molecule has 2 amide bonds. The molecular formula is C26H24N6O2. The number of amides is 2. The maximum Gasteiger partial charge on any atom is 0.291 e. The Morgan fingerprint density at radius 1 is 0.912 bits per heavy atom. The van der Waals surface area contributed by atoms with Gasteiger partial charge in [-0.05, 0) is 29.8 Å². The molecule has 0 spiro atoms. The van der Waals surface area contributed by atoms with Crippen molar-refractivity contribution in [2.75, 3.05) is 24.5 Å². The van der Waals surface area contributed by atoms with Gasteiger partial charge in [0.05, 0.1) is 12.2 Å². The van der Waals surface area contributed by atoms with Crippen molar-refractivity contribution in [2.45, 2.75) is 6.54 Å². The van der Waals surface area contributed by atoms with Gasteiger partial charge in [0.1, 0.15) is 0 Å². The largest absolute Gasteiger partial charge is 0.360 e. The van der Waals surface area contributed by atoms with Crippen LogP contribution in [0, 0.1) is 0 Å². The highest BCUT2D eigenvalue weighted by Gasteiger charge is 2.19. The molecule has 8 heteroatoms. The monoisotopic (exact) mass is 452 g/mol. The number of carbonyl (C=O) groups is 2. The van der Waals surface area contributed by atoms with E-state index in [-0.39, 0.29) is 17.6 Å². The fourth-order valence-electron chi connectivity index (χ4n) is 3.88. The van der Waals surface area contributed by atoms with E-state index in [1.165, 1.54) is 0 Å². The second-order valence-electron chi connectivity index (χ2n) is 7.99. The molecule has 0 radical (unpaired) electrons. The van der Waals surface area contributed by atoms with Crippen molar-refractivity contribution in [3.63, 3.8) is 0 Å². The Morgan fingerprint density at radius 2 is 1.62 bits per heavy atom. The minimum absolute atomic E-state index is 0.0277. The first-order chi connectivity index (χ1) is 16.7. The van der Waals surface area contributed by atoms with Gasteiger partial charge < -0.3 is 15.5 Å². The predicted octanol–water partition coefficient (Wildman–Crippen LogP) is 2.80. The van der Waals surface area contributed by atoms with E-state index in [4.69, 9.17) is 0 Å². The van der Waals surface area contributed by atoms with Crippen molar-refractivity contribution in [2.24, 2.45) is 0 Å². The molecule has 1 saturated heterocycles. The Morgan fingerprint density at radius 3 is 2.32 bits per heavy atom. The molecule has 34 heavy (non-hydrogen) atoms. The van der Waals surface area contributed by atoms with Crippen LogP contribution < -0.4 is 15.5 Å². The van der Waals surface area contributed by atoms with Crippen LogP contribution in [0.1, 0.15) is 16.2 Å². The Labute approximate surface area is 197 Å². The quantitative estimate of drug-likeness (QED) is 0.469. The summed E-state index contributed by atoms with van der Waals surface area (Å²) in [6.07, 6.45) is 0. The molecule has 0 atom stereocenters. The van der Waals surface area contributed by atoms with Crippen molar-refractivity contribution in [1.82, 2.24) is 25.4 Å². The standard InChI is InChI=1S/C26H24N6O2/c33-23-18-31(16-15-27-23)21-13-11-19(12-14-21)17-28-26(34)24-29-25(20-7-3-1-4-8-20)32(30-24)22-9-5-2-6-10-22/h1-14H,15-18H2,(H,27,33)(H,28,34). The molecule has 1 fully saturated rings. The first-order valence-corrected chi connectivity index (χ1v) is 11.1. The normalized spacial score (nSPS) is 13.4. The number of anilines is 1. The number of benzene rings is 3. The van der Waals surface area contributed by atoms with Crippen LogP contribution in [0.3, 0.4) is 0 Å². The molecular weight excluding hydrogens is 428 g/mol. The minimum Gasteiger partial charge on any atom is -0.360 e. The zero-order valence-corrected chi connectivity index (χ0v) is 18.5. The summed E-state index contributed by atoms with van der Waals surface area (Å²) in [6, 6.07) is 27.2. The van der Waals surface area contributed by atoms with Gasteiger partial charge in [-0.1, -0.05) is 60.7 Å². The second-order valence-corrected chi connectivity index (χ2v) is 7.99. The third-order valence-electron chi connectivity index (χ3n) is 5.64. The highest BCUT2D eigenvalue weighted by Crippen LogP contribution is 2.21. The lowest BCUT2D eigenvalue weighted by Crippen LogP contribution is -2.47. The van der Waals surface area contributed by atoms with Crippen LogP contribution >= 0.6 is 0 Å². The van der Waals surface area contributed by atoms with Gasteiger partial charge in [-0.3, -0.25) is 9.59 Å². The van der Waals surface area contributed by atoms with Gasteiger partial charge in [-0.15, -0.1) is 5.10 Å². The molecule has 0 aliphatic carbocycles. The van der Waals surface area contributed by atoms with Crippen molar-refractivity contribution in [3.05, 3.63) is 96.3 Å². The molecule has 0 saturated carbocycles. The van der Waals surface area contributed by atoms with Crippen molar-refractivity contribution in [3.8, 4) is 17.1 Å². The van der Waals surface area contributed by atoms with Crippen LogP contribution in [0.15, 0.2) is 84.9 Å².